The van der Waals surface area contributed by atoms with E-state index in [9.17, 15) is 26.4 Å². The van der Waals surface area contributed by atoms with Crippen LogP contribution in [0.2, 0.25) is 0 Å². The number of aliphatic carboxylic acids is 1. The Labute approximate surface area is 131 Å². The summed E-state index contributed by atoms with van der Waals surface area (Å²) in [6, 6.07) is 4.48. The Bertz CT molecular complexity index is 717. The van der Waals surface area contributed by atoms with E-state index in [1.165, 1.54) is 19.1 Å². The second-order valence-corrected chi connectivity index (χ2v) is 7.83. The highest BCUT2D eigenvalue weighted by atomic mass is 32.2. The van der Waals surface area contributed by atoms with Gasteiger partial charge in [-0.15, -0.1) is 0 Å². The Morgan fingerprint density at radius 1 is 1.35 bits per heavy atom. The van der Waals surface area contributed by atoms with E-state index in [0.29, 0.717) is 0 Å². The zero-order valence-electron chi connectivity index (χ0n) is 12.3. The van der Waals surface area contributed by atoms with E-state index < -0.39 is 38.9 Å². The van der Waals surface area contributed by atoms with Gasteiger partial charge in [0.25, 0.3) is 0 Å². The van der Waals surface area contributed by atoms with Gasteiger partial charge in [-0.1, -0.05) is 18.2 Å². The van der Waals surface area contributed by atoms with Crippen LogP contribution in [-0.4, -0.2) is 36.9 Å². The lowest BCUT2D eigenvalue weighted by atomic mass is 9.90. The van der Waals surface area contributed by atoms with E-state index in [0.717, 1.165) is 16.4 Å². The first kappa shape index (κ1) is 17.7. The van der Waals surface area contributed by atoms with Crippen molar-refractivity contribution in [1.82, 2.24) is 4.31 Å². The second-order valence-electron chi connectivity index (χ2n) is 5.86. The van der Waals surface area contributed by atoms with Crippen LogP contribution >= 0.6 is 0 Å². The van der Waals surface area contributed by atoms with Gasteiger partial charge in [0.2, 0.25) is 10.0 Å². The lowest BCUT2D eigenvalue weighted by Crippen LogP contribution is -2.35. The molecule has 0 aromatic heterocycles. The number of carbonyl (C=O) groups is 1. The zero-order chi connectivity index (χ0) is 17.5. The van der Waals surface area contributed by atoms with Crippen LogP contribution in [0.25, 0.3) is 0 Å². The smallest absolute Gasteiger partial charge is 0.416 e. The number of nitrogens with zero attached hydrogens (tertiary/aromatic N) is 1. The first-order valence-electron chi connectivity index (χ1n) is 6.82. The third-order valence-corrected chi connectivity index (χ3v) is 5.78. The highest BCUT2D eigenvalue weighted by molar-refractivity contribution is 7.88. The molecule has 5 nitrogen and oxygen atoms in total. The number of halogens is 3. The SMILES string of the molecule is CC1(C(=O)O)CCN(S(=O)(=O)Cc2ccccc2C(F)(F)F)C1. The van der Waals surface area contributed by atoms with Crippen LogP contribution in [0.5, 0.6) is 0 Å². The minimum absolute atomic E-state index is 0.0146. The molecule has 23 heavy (non-hydrogen) atoms. The summed E-state index contributed by atoms with van der Waals surface area (Å²) < 4.78 is 64.5. The Hall–Kier alpha value is -1.61. The fraction of sp³-hybridized carbons (Fsp3) is 0.500. The lowest BCUT2D eigenvalue weighted by molar-refractivity contribution is -0.147. The van der Waals surface area contributed by atoms with Gasteiger partial charge in [-0.2, -0.15) is 13.2 Å². The normalized spacial score (nSPS) is 23.1. The molecular weight excluding hydrogens is 335 g/mol. The van der Waals surface area contributed by atoms with Crippen LogP contribution in [0.15, 0.2) is 24.3 Å². The van der Waals surface area contributed by atoms with E-state index in [1.807, 2.05) is 0 Å². The van der Waals surface area contributed by atoms with Crippen molar-refractivity contribution < 1.29 is 31.5 Å². The third-order valence-electron chi connectivity index (χ3n) is 4.01. The molecule has 1 aromatic rings. The van der Waals surface area contributed by atoms with Crippen molar-refractivity contribution in [3.05, 3.63) is 35.4 Å². The average molecular weight is 351 g/mol. The van der Waals surface area contributed by atoms with Crippen LogP contribution in [-0.2, 0) is 26.7 Å². The van der Waals surface area contributed by atoms with Crippen molar-refractivity contribution in [2.75, 3.05) is 13.1 Å². The van der Waals surface area contributed by atoms with Crippen molar-refractivity contribution in [2.45, 2.75) is 25.3 Å². The highest BCUT2D eigenvalue weighted by Crippen LogP contribution is 2.35. The standard InChI is InChI=1S/C14H16F3NO4S/c1-13(12(19)20)6-7-18(9-13)23(21,22)8-10-4-2-3-5-11(10)14(15,16)17/h2-5H,6-9H2,1H3,(H,19,20). The minimum atomic E-state index is -4.65. The molecule has 1 heterocycles. The quantitative estimate of drug-likeness (QED) is 0.903. The zero-order valence-corrected chi connectivity index (χ0v) is 13.1. The molecule has 0 amide bonds. The topological polar surface area (TPSA) is 74.7 Å². The highest BCUT2D eigenvalue weighted by Gasteiger charge is 2.45. The predicted molar refractivity (Wildman–Crippen MR) is 76.0 cm³/mol. The summed E-state index contributed by atoms with van der Waals surface area (Å²) >= 11 is 0. The summed E-state index contributed by atoms with van der Waals surface area (Å²) in [5, 5.41) is 9.13. The van der Waals surface area contributed by atoms with Gasteiger partial charge in [0.15, 0.2) is 0 Å². The first-order chi connectivity index (χ1) is 10.5. The summed E-state index contributed by atoms with van der Waals surface area (Å²) in [5.74, 6) is -1.93. The van der Waals surface area contributed by atoms with Crippen molar-refractivity contribution in [3.8, 4) is 0 Å². The molecule has 0 aliphatic carbocycles. The molecule has 1 atom stereocenters. The van der Waals surface area contributed by atoms with E-state index in [2.05, 4.69) is 0 Å². The van der Waals surface area contributed by atoms with Gasteiger partial charge >= 0.3 is 12.1 Å². The molecule has 0 bridgehead atoms. The molecule has 1 aromatic carbocycles. The molecule has 2 rings (SSSR count). The van der Waals surface area contributed by atoms with Crippen molar-refractivity contribution in [3.63, 3.8) is 0 Å². The Morgan fingerprint density at radius 3 is 2.48 bits per heavy atom. The number of sulfonamides is 1. The lowest BCUT2D eigenvalue weighted by Gasteiger charge is -2.21. The maximum absolute atomic E-state index is 12.9. The Balaban J connectivity index is 2.26. The first-order valence-corrected chi connectivity index (χ1v) is 8.43. The van der Waals surface area contributed by atoms with Crippen LogP contribution in [0.1, 0.15) is 24.5 Å². The van der Waals surface area contributed by atoms with Gasteiger partial charge < -0.3 is 5.11 Å². The molecule has 1 unspecified atom stereocenters. The largest absolute Gasteiger partial charge is 0.481 e. The van der Waals surface area contributed by atoms with Crippen LogP contribution in [0, 0.1) is 5.41 Å². The number of carboxylic acids is 1. The average Bonchev–Trinajstić information content (AvgIpc) is 2.83. The molecule has 128 valence electrons. The summed E-state index contributed by atoms with van der Waals surface area (Å²) in [7, 11) is -4.03. The third kappa shape index (κ3) is 3.66. The number of carboxylic acid groups (broad SMARTS) is 1. The molecule has 0 saturated carbocycles. The van der Waals surface area contributed by atoms with Crippen LogP contribution < -0.4 is 0 Å². The van der Waals surface area contributed by atoms with Crippen LogP contribution in [0.4, 0.5) is 13.2 Å². The predicted octanol–water partition coefficient (Wildman–Crippen LogP) is 2.33. The van der Waals surface area contributed by atoms with Gasteiger partial charge in [-0.05, 0) is 25.0 Å². The van der Waals surface area contributed by atoms with Gasteiger partial charge in [-0.25, -0.2) is 12.7 Å². The maximum Gasteiger partial charge on any atom is 0.416 e. The van der Waals surface area contributed by atoms with Crippen LogP contribution in [0.3, 0.4) is 0 Å². The fourth-order valence-electron chi connectivity index (χ4n) is 2.54. The molecular formula is C14H16F3NO4S. The summed E-state index contributed by atoms with van der Waals surface area (Å²) in [4.78, 5) is 11.2. The van der Waals surface area contributed by atoms with E-state index in [1.54, 1.807) is 0 Å². The summed E-state index contributed by atoms with van der Waals surface area (Å²) in [6.45, 7) is 1.17. The molecule has 1 aliphatic heterocycles. The van der Waals surface area contributed by atoms with E-state index in [4.69, 9.17) is 5.11 Å². The van der Waals surface area contributed by atoms with Crippen molar-refractivity contribution in [1.29, 1.82) is 0 Å². The minimum Gasteiger partial charge on any atom is -0.481 e. The Kier molecular flexibility index (Phi) is 4.46. The second kappa shape index (κ2) is 5.79. The molecule has 1 N–H and O–H groups in total. The monoisotopic (exact) mass is 351 g/mol. The molecule has 0 radical (unpaired) electrons. The van der Waals surface area contributed by atoms with Gasteiger partial charge in [0.05, 0.1) is 16.7 Å². The maximum atomic E-state index is 12.9. The van der Waals surface area contributed by atoms with Crippen molar-refractivity contribution >= 4 is 16.0 Å². The number of rotatable bonds is 4. The van der Waals surface area contributed by atoms with E-state index in [-0.39, 0.29) is 25.1 Å². The fourth-order valence-corrected chi connectivity index (χ4v) is 4.22. The molecule has 1 saturated heterocycles. The molecule has 0 spiro atoms. The molecule has 1 fully saturated rings. The number of alkyl halides is 3. The summed E-state index contributed by atoms with van der Waals surface area (Å²) in [6.07, 6.45) is -4.52. The van der Waals surface area contributed by atoms with Gasteiger partial charge in [0.1, 0.15) is 0 Å². The van der Waals surface area contributed by atoms with Gasteiger partial charge in [-0.3, -0.25) is 4.79 Å². The summed E-state index contributed by atoms with van der Waals surface area (Å²) in [5.41, 5.74) is -2.55. The van der Waals surface area contributed by atoms with Gasteiger partial charge in [0, 0.05) is 13.1 Å². The van der Waals surface area contributed by atoms with Crippen molar-refractivity contribution in [2.24, 2.45) is 5.41 Å². The number of hydrogen-bond acceptors (Lipinski definition) is 3. The number of benzene rings is 1. The molecule has 1 aliphatic rings. The number of hydrogen-bond donors (Lipinski definition) is 1. The molecule has 9 heteroatoms. The van der Waals surface area contributed by atoms with E-state index >= 15 is 0 Å². The Morgan fingerprint density at radius 2 is 1.96 bits per heavy atom.